The third-order valence-corrected chi connectivity index (χ3v) is 13.0. The van der Waals surface area contributed by atoms with Gasteiger partial charge in [0.05, 0.1) is 13.0 Å². The smallest absolute Gasteiger partial charge is 0.307 e. The molecule has 5 nitrogen and oxygen atoms in total. The van der Waals surface area contributed by atoms with Crippen LogP contribution < -0.4 is 5.73 Å². The number of carbonyl (C=O) groups excluding carboxylic acids is 2. The largest absolute Gasteiger partial charge is 0.466 e. The molecule has 0 radical (unpaired) electrons. The molecular formula is C37H65NO4. The number of nitrogens with two attached hydrogens (primary N) is 1. The van der Waals surface area contributed by atoms with Crippen LogP contribution in [0, 0.1) is 46.3 Å². The topological polar surface area (TPSA) is 78.6 Å². The van der Waals surface area contributed by atoms with Crippen molar-refractivity contribution in [3.63, 3.8) is 0 Å². The highest BCUT2D eigenvalue weighted by Gasteiger charge is 2.63. The lowest BCUT2D eigenvalue weighted by Gasteiger charge is -2.62. The van der Waals surface area contributed by atoms with E-state index in [9.17, 15) is 9.59 Å². The normalized spacial score (nSPS) is 36.4. The van der Waals surface area contributed by atoms with E-state index >= 15 is 0 Å². The molecule has 0 bridgehead atoms. The van der Waals surface area contributed by atoms with Gasteiger partial charge in [0, 0.05) is 18.9 Å². The number of unbranched alkanes of at least 4 members (excludes halogenated alkanes) is 7. The van der Waals surface area contributed by atoms with Crippen LogP contribution in [-0.2, 0) is 19.1 Å². The van der Waals surface area contributed by atoms with Gasteiger partial charge in [0.2, 0.25) is 0 Å². The Hall–Kier alpha value is -1.10. The van der Waals surface area contributed by atoms with Crippen LogP contribution in [0.2, 0.25) is 0 Å². The van der Waals surface area contributed by atoms with E-state index in [4.69, 9.17) is 15.2 Å². The molecule has 2 N–H and O–H groups in total. The van der Waals surface area contributed by atoms with Crippen LogP contribution in [-0.4, -0.2) is 31.2 Å². The zero-order valence-electron chi connectivity index (χ0n) is 27.8. The summed E-state index contributed by atoms with van der Waals surface area (Å²) >= 11 is 0. The van der Waals surface area contributed by atoms with Gasteiger partial charge in [-0.15, -0.1) is 0 Å². The third-order valence-electron chi connectivity index (χ3n) is 13.0. The molecule has 0 aromatic rings. The Bertz CT molecular complexity index is 861. The molecule has 0 aromatic carbocycles. The average Bonchev–Trinajstić information content (AvgIpc) is 3.32. The molecule has 42 heavy (non-hydrogen) atoms. The summed E-state index contributed by atoms with van der Waals surface area (Å²) < 4.78 is 12.0. The van der Waals surface area contributed by atoms with Gasteiger partial charge in [0.15, 0.2) is 0 Å². The molecule has 4 rings (SSSR count). The lowest BCUT2D eigenvalue weighted by atomic mass is 9.44. The van der Waals surface area contributed by atoms with E-state index in [2.05, 4.69) is 27.7 Å². The summed E-state index contributed by atoms with van der Waals surface area (Å²) in [7, 11) is 0. The minimum Gasteiger partial charge on any atom is -0.466 e. The highest BCUT2D eigenvalue weighted by Crippen LogP contribution is 2.68. The van der Waals surface area contributed by atoms with Crippen LogP contribution in [0.3, 0.4) is 0 Å². The fraction of sp³-hybridized carbons (Fsp3) is 0.946. The highest BCUT2D eigenvalue weighted by atomic mass is 16.5. The van der Waals surface area contributed by atoms with Crippen LogP contribution >= 0.6 is 0 Å². The Kier molecular flexibility index (Phi) is 12.7. The lowest BCUT2D eigenvalue weighted by molar-refractivity contribution is -0.190. The van der Waals surface area contributed by atoms with Crippen molar-refractivity contribution in [1.29, 1.82) is 0 Å². The number of esters is 2. The zero-order valence-corrected chi connectivity index (χ0v) is 27.8. The maximum absolute atomic E-state index is 12.7. The van der Waals surface area contributed by atoms with Gasteiger partial charge < -0.3 is 15.2 Å². The first kappa shape index (κ1) is 33.8. The van der Waals surface area contributed by atoms with Gasteiger partial charge in [-0.2, -0.15) is 0 Å². The predicted octanol–water partition coefficient (Wildman–Crippen LogP) is 9.01. The fourth-order valence-corrected chi connectivity index (χ4v) is 10.7. The minimum absolute atomic E-state index is 0.0105. The SMILES string of the molecule is CCCCCCCCCCOC(=O)CC[C@@H](C)C1CCC2[C@H]3C(CC[C@@]21C)[C@@]1(C)CCCC[C@H]1C[C@H]3OC(=O)CCN. The third kappa shape index (κ3) is 7.75. The maximum atomic E-state index is 12.7. The molecule has 4 aliphatic rings. The Morgan fingerprint density at radius 1 is 0.833 bits per heavy atom. The van der Waals surface area contributed by atoms with Crippen molar-refractivity contribution < 1.29 is 19.1 Å². The van der Waals surface area contributed by atoms with Gasteiger partial charge in [-0.3, -0.25) is 9.59 Å². The van der Waals surface area contributed by atoms with Crippen molar-refractivity contribution in [2.45, 2.75) is 162 Å². The first-order valence-corrected chi connectivity index (χ1v) is 18.3. The Morgan fingerprint density at radius 2 is 1.55 bits per heavy atom. The average molecular weight is 588 g/mol. The van der Waals surface area contributed by atoms with Crippen molar-refractivity contribution in [2.24, 2.45) is 52.1 Å². The second-order valence-corrected chi connectivity index (χ2v) is 15.5. The van der Waals surface area contributed by atoms with E-state index in [1.807, 2.05) is 0 Å². The van der Waals surface area contributed by atoms with Gasteiger partial charge in [-0.05, 0) is 98.2 Å². The molecule has 0 amide bonds. The molecule has 9 atom stereocenters. The predicted molar refractivity (Wildman–Crippen MR) is 171 cm³/mol. The number of carbonyl (C=O) groups is 2. The van der Waals surface area contributed by atoms with Gasteiger partial charge in [0.1, 0.15) is 6.10 Å². The van der Waals surface area contributed by atoms with Crippen molar-refractivity contribution in [3.8, 4) is 0 Å². The summed E-state index contributed by atoms with van der Waals surface area (Å²) in [6, 6.07) is 0. The summed E-state index contributed by atoms with van der Waals surface area (Å²) in [4.78, 5) is 25.4. The summed E-state index contributed by atoms with van der Waals surface area (Å²) in [5, 5.41) is 0. The second-order valence-electron chi connectivity index (χ2n) is 15.5. The summed E-state index contributed by atoms with van der Waals surface area (Å²) in [5.74, 6) is 3.44. The maximum Gasteiger partial charge on any atom is 0.307 e. The van der Waals surface area contributed by atoms with Crippen molar-refractivity contribution in [2.75, 3.05) is 13.2 Å². The molecule has 0 saturated heterocycles. The first-order chi connectivity index (χ1) is 20.2. The van der Waals surface area contributed by atoms with Crippen LogP contribution in [0.1, 0.15) is 156 Å². The summed E-state index contributed by atoms with van der Waals surface area (Å²) in [6.45, 7) is 10.7. The number of rotatable bonds is 16. The number of hydrogen-bond acceptors (Lipinski definition) is 5. The number of fused-ring (bicyclic) bond motifs is 5. The van der Waals surface area contributed by atoms with Crippen LogP contribution in [0.25, 0.3) is 0 Å². The van der Waals surface area contributed by atoms with Gasteiger partial charge in [0.25, 0.3) is 0 Å². The zero-order chi connectivity index (χ0) is 30.2. The molecular weight excluding hydrogens is 522 g/mol. The van der Waals surface area contributed by atoms with Gasteiger partial charge in [-0.25, -0.2) is 0 Å². The number of ether oxygens (including phenoxy) is 2. The highest BCUT2D eigenvalue weighted by molar-refractivity contribution is 5.70. The Balaban J connectivity index is 1.30. The van der Waals surface area contributed by atoms with E-state index < -0.39 is 0 Å². The Morgan fingerprint density at radius 3 is 2.29 bits per heavy atom. The van der Waals surface area contributed by atoms with Crippen molar-refractivity contribution in [1.82, 2.24) is 0 Å². The monoisotopic (exact) mass is 587 g/mol. The van der Waals surface area contributed by atoms with E-state index in [1.54, 1.807) is 0 Å². The molecule has 0 spiro atoms. The Labute approximate surface area is 258 Å². The molecule has 5 heteroatoms. The van der Waals surface area contributed by atoms with Gasteiger partial charge >= 0.3 is 11.9 Å². The van der Waals surface area contributed by atoms with E-state index in [-0.39, 0.29) is 23.5 Å². The quantitative estimate of drug-likeness (QED) is 0.144. The standard InChI is InChI=1S/C37H65NO4/c1-5-6-7-8-9-10-11-14-25-41-33(39)19-16-27(2)29-17-18-30-35-31(20-23-37(29,30)4)36(3)22-13-12-15-28(36)26-32(35)42-34(40)21-24-38/h27-32,35H,5-26,38H2,1-4H3/t27-,28+,29?,30?,31?,32-,35+,36+,37-/m1/s1. The molecule has 242 valence electrons. The number of hydrogen-bond donors (Lipinski definition) is 1. The van der Waals surface area contributed by atoms with E-state index in [1.165, 1.54) is 96.3 Å². The molecule has 0 aromatic heterocycles. The van der Waals surface area contributed by atoms with Gasteiger partial charge in [-0.1, -0.05) is 85.5 Å². The van der Waals surface area contributed by atoms with E-state index in [0.717, 1.165) is 19.3 Å². The van der Waals surface area contributed by atoms with Crippen LogP contribution in [0.5, 0.6) is 0 Å². The molecule has 3 unspecified atom stereocenters. The molecule has 4 fully saturated rings. The van der Waals surface area contributed by atoms with Crippen molar-refractivity contribution >= 4 is 11.9 Å². The summed E-state index contributed by atoms with van der Waals surface area (Å²) in [6.07, 6.45) is 23.3. The minimum atomic E-state index is -0.0960. The summed E-state index contributed by atoms with van der Waals surface area (Å²) in [5.41, 5.74) is 6.39. The molecule has 4 aliphatic carbocycles. The second kappa shape index (κ2) is 15.8. The molecule has 0 heterocycles. The van der Waals surface area contributed by atoms with Crippen LogP contribution in [0.15, 0.2) is 0 Å². The van der Waals surface area contributed by atoms with Crippen molar-refractivity contribution in [3.05, 3.63) is 0 Å². The molecule has 4 saturated carbocycles. The van der Waals surface area contributed by atoms with Crippen LogP contribution in [0.4, 0.5) is 0 Å². The first-order valence-electron chi connectivity index (χ1n) is 18.3. The lowest BCUT2D eigenvalue weighted by Crippen LogP contribution is -2.58. The fourth-order valence-electron chi connectivity index (χ4n) is 10.7. The van der Waals surface area contributed by atoms with E-state index in [0.29, 0.717) is 66.9 Å². The molecule has 0 aliphatic heterocycles.